The predicted molar refractivity (Wildman–Crippen MR) is 122 cm³/mol. The number of nitrogens with one attached hydrogen (secondary N) is 1. The molecule has 1 fully saturated rings. The first-order chi connectivity index (χ1) is 15.8. The van der Waals surface area contributed by atoms with E-state index in [-0.39, 0.29) is 16.7 Å². The molecule has 1 amide bonds. The molecule has 0 spiro atoms. The summed E-state index contributed by atoms with van der Waals surface area (Å²) >= 11 is 0. The zero-order valence-electron chi connectivity index (χ0n) is 18.7. The monoisotopic (exact) mass is 470 g/mol. The van der Waals surface area contributed by atoms with E-state index in [0.717, 1.165) is 5.56 Å². The third kappa shape index (κ3) is 5.00. The average molecular weight is 471 g/mol. The molecule has 1 N–H and O–H groups in total. The molecule has 4 rings (SSSR count). The molecule has 0 saturated carbocycles. The second-order valence-corrected chi connectivity index (χ2v) is 9.74. The number of amides is 1. The first kappa shape index (κ1) is 22.8. The largest absolute Gasteiger partial charge is 0.497 e. The summed E-state index contributed by atoms with van der Waals surface area (Å²) in [6, 6.07) is 11.2. The highest BCUT2D eigenvalue weighted by Gasteiger charge is 2.29. The number of sulfonamides is 1. The number of anilines is 1. The number of benzene rings is 2. The molecule has 1 aromatic heterocycles. The Morgan fingerprint density at radius 2 is 1.82 bits per heavy atom. The molecule has 33 heavy (non-hydrogen) atoms. The lowest BCUT2D eigenvalue weighted by Gasteiger charge is -2.31. The highest BCUT2D eigenvalue weighted by Crippen LogP contribution is 2.28. The fraction of sp³-hybridized carbons (Fsp3) is 0.348. The van der Waals surface area contributed by atoms with E-state index in [1.165, 1.54) is 12.1 Å². The molecule has 174 valence electrons. The summed E-state index contributed by atoms with van der Waals surface area (Å²) in [4.78, 5) is 19.3. The molecule has 0 bridgehead atoms. The lowest BCUT2D eigenvalue weighted by Crippen LogP contribution is -2.38. The molecular formula is C23H26N4O5S. The molecule has 0 atom stereocenters. The number of aromatic nitrogens is 2. The Labute approximate surface area is 192 Å². The van der Waals surface area contributed by atoms with Gasteiger partial charge in [-0.3, -0.25) is 9.52 Å². The number of ether oxygens (including phenoxy) is 1. The van der Waals surface area contributed by atoms with Crippen molar-refractivity contribution in [3.05, 3.63) is 65.3 Å². The fourth-order valence-electron chi connectivity index (χ4n) is 3.85. The number of hydrogen-bond donors (Lipinski definition) is 1. The molecule has 0 aliphatic carbocycles. The van der Waals surface area contributed by atoms with Gasteiger partial charge in [0.15, 0.2) is 5.82 Å². The Morgan fingerprint density at radius 1 is 1.12 bits per heavy atom. The van der Waals surface area contributed by atoms with Crippen LogP contribution < -0.4 is 9.46 Å². The highest BCUT2D eigenvalue weighted by molar-refractivity contribution is 7.92. The van der Waals surface area contributed by atoms with Gasteiger partial charge in [-0.25, -0.2) is 8.42 Å². The number of methoxy groups -OCH3 is 1. The van der Waals surface area contributed by atoms with Crippen LogP contribution in [0.5, 0.6) is 5.75 Å². The molecular weight excluding hydrogens is 444 g/mol. The van der Waals surface area contributed by atoms with Crippen LogP contribution in [0.2, 0.25) is 0 Å². The summed E-state index contributed by atoms with van der Waals surface area (Å²) in [6.07, 6.45) is 1.42. The minimum Gasteiger partial charge on any atom is -0.497 e. The van der Waals surface area contributed by atoms with Crippen molar-refractivity contribution in [3.8, 4) is 5.75 Å². The number of carbonyl (C=O) groups excluding carboxylic acids is 1. The molecule has 2 heterocycles. The second kappa shape index (κ2) is 9.22. The Balaban J connectivity index is 1.48. The Kier molecular flexibility index (Phi) is 6.37. The number of aryl methyl sites for hydroxylation is 2. The van der Waals surface area contributed by atoms with Crippen molar-refractivity contribution in [2.75, 3.05) is 24.9 Å². The minimum absolute atomic E-state index is 0.0310. The first-order valence-electron chi connectivity index (χ1n) is 10.6. The van der Waals surface area contributed by atoms with E-state index in [0.29, 0.717) is 54.6 Å². The van der Waals surface area contributed by atoms with Crippen LogP contribution in [0.4, 0.5) is 5.69 Å². The first-order valence-corrected chi connectivity index (χ1v) is 12.1. The lowest BCUT2D eigenvalue weighted by atomic mass is 9.96. The van der Waals surface area contributed by atoms with E-state index in [9.17, 15) is 13.2 Å². The zero-order chi connectivity index (χ0) is 23.6. The van der Waals surface area contributed by atoms with E-state index >= 15 is 0 Å². The van der Waals surface area contributed by atoms with Gasteiger partial charge in [0.05, 0.1) is 12.0 Å². The average Bonchev–Trinajstić information content (AvgIpc) is 3.25. The third-order valence-corrected chi connectivity index (χ3v) is 7.15. The molecule has 9 nitrogen and oxygen atoms in total. The number of rotatable bonds is 6. The van der Waals surface area contributed by atoms with Gasteiger partial charge in [0, 0.05) is 30.3 Å². The smallest absolute Gasteiger partial charge is 0.261 e. The summed E-state index contributed by atoms with van der Waals surface area (Å²) in [5.41, 5.74) is 1.50. The summed E-state index contributed by atoms with van der Waals surface area (Å²) in [5.74, 6) is 1.76. The molecule has 2 aromatic carbocycles. The van der Waals surface area contributed by atoms with Crippen molar-refractivity contribution in [2.24, 2.45) is 0 Å². The number of hydrogen-bond acceptors (Lipinski definition) is 7. The molecule has 1 aliphatic heterocycles. The lowest BCUT2D eigenvalue weighted by molar-refractivity contribution is 0.0703. The number of carbonyl (C=O) groups is 1. The van der Waals surface area contributed by atoms with Crippen LogP contribution >= 0.6 is 0 Å². The van der Waals surface area contributed by atoms with Crippen molar-refractivity contribution < 1.29 is 22.5 Å². The van der Waals surface area contributed by atoms with Gasteiger partial charge >= 0.3 is 0 Å². The Hall–Kier alpha value is -3.40. The van der Waals surface area contributed by atoms with Crippen LogP contribution in [0.1, 0.15) is 46.4 Å². The maximum Gasteiger partial charge on any atom is 0.261 e. The van der Waals surface area contributed by atoms with E-state index in [1.807, 2.05) is 0 Å². The maximum atomic E-state index is 13.2. The van der Waals surface area contributed by atoms with Crippen LogP contribution in [0.3, 0.4) is 0 Å². The van der Waals surface area contributed by atoms with Gasteiger partial charge < -0.3 is 14.2 Å². The van der Waals surface area contributed by atoms with Crippen molar-refractivity contribution in [2.45, 2.75) is 37.5 Å². The molecule has 10 heteroatoms. The van der Waals surface area contributed by atoms with Crippen LogP contribution in [-0.4, -0.2) is 49.6 Å². The minimum atomic E-state index is -3.87. The molecule has 3 aromatic rings. The normalized spacial score (nSPS) is 14.8. The standard InChI is InChI=1S/C23H26N4O5S/c1-15-4-9-20(33(29,30)26-18-5-7-19(31-3)8-6-18)14-21(15)23(28)27-12-10-17(11-13-27)22-24-16(2)25-32-22/h4-9,14,17,26H,10-13H2,1-3H3. The van der Waals surface area contributed by atoms with Crippen molar-refractivity contribution in [3.63, 3.8) is 0 Å². The van der Waals surface area contributed by atoms with Gasteiger partial charge in [0.2, 0.25) is 5.89 Å². The number of likely N-dealkylation sites (tertiary alicyclic amines) is 1. The van der Waals surface area contributed by atoms with Crippen molar-refractivity contribution in [1.82, 2.24) is 15.0 Å². The van der Waals surface area contributed by atoms with Crippen LogP contribution in [0.15, 0.2) is 51.9 Å². The SMILES string of the molecule is COc1ccc(NS(=O)(=O)c2ccc(C)c(C(=O)N3CCC(c4nc(C)no4)CC3)c2)cc1. The molecule has 1 saturated heterocycles. The van der Waals surface area contributed by atoms with E-state index in [1.54, 1.807) is 56.2 Å². The van der Waals surface area contributed by atoms with Crippen LogP contribution in [-0.2, 0) is 10.0 Å². The quantitative estimate of drug-likeness (QED) is 0.586. The summed E-state index contributed by atoms with van der Waals surface area (Å²) in [7, 11) is -2.33. The van der Waals surface area contributed by atoms with Gasteiger partial charge in [-0.05, 0) is 68.7 Å². The van der Waals surface area contributed by atoms with E-state index in [4.69, 9.17) is 9.26 Å². The van der Waals surface area contributed by atoms with E-state index < -0.39 is 10.0 Å². The van der Waals surface area contributed by atoms with Gasteiger partial charge in [0.1, 0.15) is 5.75 Å². The number of nitrogens with zero attached hydrogens (tertiary/aromatic N) is 3. The zero-order valence-corrected chi connectivity index (χ0v) is 19.6. The van der Waals surface area contributed by atoms with Gasteiger partial charge in [-0.2, -0.15) is 4.98 Å². The maximum absolute atomic E-state index is 13.2. The Morgan fingerprint density at radius 3 is 2.42 bits per heavy atom. The third-order valence-electron chi connectivity index (χ3n) is 5.77. The van der Waals surface area contributed by atoms with Crippen LogP contribution in [0, 0.1) is 13.8 Å². The van der Waals surface area contributed by atoms with Crippen molar-refractivity contribution >= 4 is 21.6 Å². The predicted octanol–water partition coefficient (Wildman–Crippen LogP) is 3.52. The van der Waals surface area contributed by atoms with Gasteiger partial charge in [0.25, 0.3) is 15.9 Å². The van der Waals surface area contributed by atoms with Gasteiger partial charge in [-0.15, -0.1) is 0 Å². The second-order valence-electron chi connectivity index (χ2n) is 8.06. The fourth-order valence-corrected chi connectivity index (χ4v) is 4.94. The van der Waals surface area contributed by atoms with Gasteiger partial charge in [-0.1, -0.05) is 11.2 Å². The summed E-state index contributed by atoms with van der Waals surface area (Å²) in [6.45, 7) is 4.64. The Bertz CT molecular complexity index is 1250. The van der Waals surface area contributed by atoms with Crippen molar-refractivity contribution in [1.29, 1.82) is 0 Å². The topological polar surface area (TPSA) is 115 Å². The summed E-state index contributed by atoms with van der Waals surface area (Å²) < 4.78 is 38.8. The van der Waals surface area contributed by atoms with E-state index in [2.05, 4.69) is 14.9 Å². The molecule has 0 unspecified atom stereocenters. The molecule has 0 radical (unpaired) electrons. The molecule has 1 aliphatic rings. The van der Waals surface area contributed by atoms with Crippen LogP contribution in [0.25, 0.3) is 0 Å². The summed E-state index contributed by atoms with van der Waals surface area (Å²) in [5, 5.41) is 3.84. The number of piperidine rings is 1. The highest BCUT2D eigenvalue weighted by atomic mass is 32.2.